The standard InChI is InChI=1S/C9H12O3/c10-6-3-5-1-2-8(11)9(12)7(5)4-6/h3,7-9,11-12H,1-2,4H2/t7-,8-,9-/m0/s1. The summed E-state index contributed by atoms with van der Waals surface area (Å²) in [5.41, 5.74) is 1.03. The summed E-state index contributed by atoms with van der Waals surface area (Å²) in [6.07, 6.45) is 1.98. The molecule has 0 bridgehead atoms. The van der Waals surface area contributed by atoms with Crippen LogP contribution in [0.4, 0.5) is 0 Å². The average Bonchev–Trinajstić information content (AvgIpc) is 2.39. The number of carbonyl (C=O) groups excluding carboxylic acids is 1. The predicted octanol–water partition coefficient (Wildman–Crippen LogP) is 0.0174. The van der Waals surface area contributed by atoms with E-state index in [1.165, 1.54) is 0 Å². The van der Waals surface area contributed by atoms with Crippen LogP contribution in [-0.2, 0) is 4.79 Å². The van der Waals surface area contributed by atoms with Crippen LogP contribution < -0.4 is 0 Å². The highest BCUT2D eigenvalue weighted by Gasteiger charge is 2.38. The van der Waals surface area contributed by atoms with Crippen LogP contribution in [0.1, 0.15) is 19.3 Å². The highest BCUT2D eigenvalue weighted by atomic mass is 16.3. The molecule has 0 heterocycles. The topological polar surface area (TPSA) is 57.5 Å². The molecule has 0 aromatic heterocycles. The van der Waals surface area contributed by atoms with Gasteiger partial charge >= 0.3 is 0 Å². The van der Waals surface area contributed by atoms with Crippen LogP contribution in [0.5, 0.6) is 0 Å². The molecular weight excluding hydrogens is 156 g/mol. The lowest BCUT2D eigenvalue weighted by atomic mass is 9.82. The Morgan fingerprint density at radius 2 is 2.17 bits per heavy atom. The second kappa shape index (κ2) is 2.68. The maximum Gasteiger partial charge on any atom is 0.156 e. The van der Waals surface area contributed by atoms with E-state index < -0.39 is 12.2 Å². The Morgan fingerprint density at radius 3 is 2.92 bits per heavy atom. The zero-order valence-electron chi connectivity index (χ0n) is 6.73. The van der Waals surface area contributed by atoms with Crippen LogP contribution in [-0.4, -0.2) is 28.2 Å². The average molecular weight is 168 g/mol. The van der Waals surface area contributed by atoms with E-state index in [2.05, 4.69) is 0 Å². The van der Waals surface area contributed by atoms with Crippen molar-refractivity contribution in [3.8, 4) is 0 Å². The summed E-state index contributed by atoms with van der Waals surface area (Å²) in [5, 5.41) is 18.8. The zero-order valence-corrected chi connectivity index (χ0v) is 6.73. The molecule has 0 saturated heterocycles. The summed E-state index contributed by atoms with van der Waals surface area (Å²) in [6.45, 7) is 0. The Hall–Kier alpha value is -0.670. The van der Waals surface area contributed by atoms with Crippen molar-refractivity contribution >= 4 is 5.78 Å². The van der Waals surface area contributed by atoms with E-state index in [0.717, 1.165) is 12.0 Å². The van der Waals surface area contributed by atoms with Crippen molar-refractivity contribution in [2.75, 3.05) is 0 Å². The second-order valence-electron chi connectivity index (χ2n) is 3.59. The van der Waals surface area contributed by atoms with Gasteiger partial charge in [0.1, 0.15) is 0 Å². The number of aliphatic hydroxyl groups excluding tert-OH is 2. The van der Waals surface area contributed by atoms with Crippen LogP contribution in [0.15, 0.2) is 11.6 Å². The van der Waals surface area contributed by atoms with Gasteiger partial charge in [0.05, 0.1) is 12.2 Å². The third kappa shape index (κ3) is 1.09. The van der Waals surface area contributed by atoms with Crippen molar-refractivity contribution in [3.63, 3.8) is 0 Å². The predicted molar refractivity (Wildman–Crippen MR) is 42.4 cm³/mol. The number of hydrogen-bond donors (Lipinski definition) is 2. The van der Waals surface area contributed by atoms with Crippen molar-refractivity contribution in [1.82, 2.24) is 0 Å². The van der Waals surface area contributed by atoms with Crippen molar-refractivity contribution in [2.24, 2.45) is 5.92 Å². The molecule has 2 rings (SSSR count). The van der Waals surface area contributed by atoms with Gasteiger partial charge in [0.15, 0.2) is 5.78 Å². The van der Waals surface area contributed by atoms with Gasteiger partial charge in [-0.1, -0.05) is 5.57 Å². The number of rotatable bonds is 0. The zero-order chi connectivity index (χ0) is 8.72. The molecule has 0 aliphatic heterocycles. The fourth-order valence-electron chi connectivity index (χ4n) is 2.07. The molecule has 1 saturated carbocycles. The van der Waals surface area contributed by atoms with Gasteiger partial charge in [0.2, 0.25) is 0 Å². The molecule has 3 heteroatoms. The van der Waals surface area contributed by atoms with E-state index in [1.807, 2.05) is 0 Å². The molecule has 3 nitrogen and oxygen atoms in total. The molecular formula is C9H12O3. The number of fused-ring (bicyclic) bond motifs is 1. The first-order chi connectivity index (χ1) is 5.68. The molecule has 0 aromatic rings. The summed E-state index contributed by atoms with van der Waals surface area (Å²) in [4.78, 5) is 11.0. The summed E-state index contributed by atoms with van der Waals surface area (Å²) in [6, 6.07) is 0. The summed E-state index contributed by atoms with van der Waals surface area (Å²) < 4.78 is 0. The smallest absolute Gasteiger partial charge is 0.156 e. The lowest BCUT2D eigenvalue weighted by Crippen LogP contribution is -2.37. The molecule has 0 unspecified atom stereocenters. The molecule has 3 atom stereocenters. The first-order valence-electron chi connectivity index (χ1n) is 4.28. The lowest BCUT2D eigenvalue weighted by Gasteiger charge is -2.30. The van der Waals surface area contributed by atoms with E-state index in [-0.39, 0.29) is 11.7 Å². The Kier molecular flexibility index (Phi) is 1.77. The van der Waals surface area contributed by atoms with Crippen LogP contribution in [0, 0.1) is 5.92 Å². The van der Waals surface area contributed by atoms with Gasteiger partial charge in [-0.15, -0.1) is 0 Å². The van der Waals surface area contributed by atoms with Gasteiger partial charge in [0, 0.05) is 12.3 Å². The minimum atomic E-state index is -0.726. The fraction of sp³-hybridized carbons (Fsp3) is 0.667. The van der Waals surface area contributed by atoms with Gasteiger partial charge in [-0.05, 0) is 18.9 Å². The van der Waals surface area contributed by atoms with Crippen LogP contribution in [0.3, 0.4) is 0 Å². The Balaban J connectivity index is 2.20. The normalized spacial score (nSPS) is 41.0. The number of aliphatic hydroxyl groups is 2. The number of allylic oxidation sites excluding steroid dienone is 1. The van der Waals surface area contributed by atoms with Gasteiger partial charge in [-0.3, -0.25) is 4.79 Å². The molecule has 2 N–H and O–H groups in total. The van der Waals surface area contributed by atoms with Gasteiger partial charge in [-0.25, -0.2) is 0 Å². The molecule has 2 aliphatic carbocycles. The molecule has 0 amide bonds. The summed E-state index contributed by atoms with van der Waals surface area (Å²) >= 11 is 0. The molecule has 1 fully saturated rings. The minimum Gasteiger partial charge on any atom is -0.390 e. The molecule has 2 aliphatic rings. The number of ketones is 1. The summed E-state index contributed by atoms with van der Waals surface area (Å²) in [7, 11) is 0. The van der Waals surface area contributed by atoms with Gasteiger partial charge in [0.25, 0.3) is 0 Å². The van der Waals surface area contributed by atoms with Crippen LogP contribution in [0.2, 0.25) is 0 Å². The maximum absolute atomic E-state index is 11.0. The maximum atomic E-state index is 11.0. The van der Waals surface area contributed by atoms with Crippen molar-refractivity contribution < 1.29 is 15.0 Å². The molecule has 0 aromatic carbocycles. The monoisotopic (exact) mass is 168 g/mol. The van der Waals surface area contributed by atoms with E-state index in [0.29, 0.717) is 12.8 Å². The van der Waals surface area contributed by atoms with Crippen molar-refractivity contribution in [2.45, 2.75) is 31.5 Å². The number of carbonyl (C=O) groups is 1. The Bertz CT molecular complexity index is 244. The third-order valence-electron chi connectivity index (χ3n) is 2.78. The van der Waals surface area contributed by atoms with E-state index in [9.17, 15) is 15.0 Å². The van der Waals surface area contributed by atoms with E-state index >= 15 is 0 Å². The van der Waals surface area contributed by atoms with Gasteiger partial charge < -0.3 is 10.2 Å². The van der Waals surface area contributed by atoms with Crippen LogP contribution >= 0.6 is 0 Å². The van der Waals surface area contributed by atoms with Crippen LogP contribution in [0.25, 0.3) is 0 Å². The van der Waals surface area contributed by atoms with E-state index in [1.54, 1.807) is 6.08 Å². The second-order valence-corrected chi connectivity index (χ2v) is 3.59. The summed E-state index contributed by atoms with van der Waals surface area (Å²) in [5.74, 6) is -0.00981. The highest BCUT2D eigenvalue weighted by Crippen LogP contribution is 2.36. The largest absolute Gasteiger partial charge is 0.390 e. The molecule has 0 radical (unpaired) electrons. The Morgan fingerprint density at radius 1 is 1.42 bits per heavy atom. The van der Waals surface area contributed by atoms with E-state index in [4.69, 9.17) is 0 Å². The van der Waals surface area contributed by atoms with Crippen molar-refractivity contribution in [1.29, 1.82) is 0 Å². The molecule has 12 heavy (non-hydrogen) atoms. The first kappa shape index (κ1) is 7.95. The first-order valence-corrected chi connectivity index (χ1v) is 4.28. The molecule has 0 spiro atoms. The lowest BCUT2D eigenvalue weighted by molar-refractivity contribution is -0.115. The van der Waals surface area contributed by atoms with Crippen molar-refractivity contribution in [3.05, 3.63) is 11.6 Å². The Labute approximate surface area is 70.7 Å². The highest BCUT2D eigenvalue weighted by molar-refractivity contribution is 5.93. The fourth-order valence-corrected chi connectivity index (χ4v) is 2.07. The minimum absolute atomic E-state index is 0.0863. The number of hydrogen-bond acceptors (Lipinski definition) is 3. The third-order valence-corrected chi connectivity index (χ3v) is 2.78. The molecule has 66 valence electrons. The van der Waals surface area contributed by atoms with Gasteiger partial charge in [-0.2, -0.15) is 0 Å². The SMILES string of the molecule is O=C1C=C2CC[C@H](O)[C@@H](O)[C@H]2C1. The quantitative estimate of drug-likeness (QED) is 0.536.